The Morgan fingerprint density at radius 2 is 1.93 bits per heavy atom. The highest BCUT2D eigenvalue weighted by molar-refractivity contribution is 7.80. The summed E-state index contributed by atoms with van der Waals surface area (Å²) in [6.45, 7) is 0. The van der Waals surface area contributed by atoms with E-state index >= 15 is 0 Å². The number of methoxy groups -OCH3 is 1. The van der Waals surface area contributed by atoms with E-state index in [0.717, 1.165) is 5.56 Å². The highest BCUT2D eigenvalue weighted by Crippen LogP contribution is 2.10. The average molecular weight is 264 g/mol. The van der Waals surface area contributed by atoms with Gasteiger partial charge in [0, 0.05) is 12.7 Å². The third-order valence-corrected chi connectivity index (χ3v) is 2.60. The van der Waals surface area contributed by atoms with Gasteiger partial charge in [0.05, 0.1) is 0 Å². The van der Waals surface area contributed by atoms with Crippen LogP contribution in [0.2, 0.25) is 0 Å². The fourth-order valence-electron chi connectivity index (χ4n) is 1.03. The minimum atomic E-state index is -0.670. The van der Waals surface area contributed by atoms with Crippen LogP contribution in [-0.2, 0) is 4.74 Å². The molecule has 15 heavy (non-hydrogen) atoms. The Labute approximate surface area is 105 Å². The summed E-state index contributed by atoms with van der Waals surface area (Å²) in [6.07, 6.45) is -0.499. The van der Waals surface area contributed by atoms with E-state index in [9.17, 15) is 0 Å². The van der Waals surface area contributed by atoms with E-state index in [0.29, 0.717) is 4.99 Å². The Morgan fingerprint density at radius 1 is 1.33 bits per heavy atom. The molecule has 0 bridgehead atoms. The van der Waals surface area contributed by atoms with Crippen molar-refractivity contribution >= 4 is 40.4 Å². The lowest BCUT2D eigenvalue weighted by molar-refractivity contribution is 0.103. The van der Waals surface area contributed by atoms with E-state index < -0.39 is 11.1 Å². The molecular formula is C10H11Cl2NOS. The second-order valence-electron chi connectivity index (χ2n) is 2.83. The third-order valence-electron chi connectivity index (χ3n) is 1.79. The van der Waals surface area contributed by atoms with Crippen LogP contribution in [0.1, 0.15) is 5.56 Å². The summed E-state index contributed by atoms with van der Waals surface area (Å²) in [5.41, 5.74) is 0.906. The van der Waals surface area contributed by atoms with Crippen molar-refractivity contribution in [3.63, 3.8) is 0 Å². The first kappa shape index (κ1) is 12.7. The van der Waals surface area contributed by atoms with Gasteiger partial charge in [0.25, 0.3) is 0 Å². The minimum Gasteiger partial charge on any atom is -0.359 e. The molecule has 0 amide bonds. The maximum absolute atomic E-state index is 5.69. The Bertz CT molecular complexity index is 318. The van der Waals surface area contributed by atoms with Gasteiger partial charge in [-0.1, -0.05) is 42.5 Å². The molecular weight excluding hydrogens is 253 g/mol. The van der Waals surface area contributed by atoms with Gasteiger partial charge in [-0.3, -0.25) is 0 Å². The molecule has 0 heterocycles. The van der Waals surface area contributed by atoms with Gasteiger partial charge >= 0.3 is 0 Å². The molecule has 1 N–H and O–H groups in total. The van der Waals surface area contributed by atoms with Crippen molar-refractivity contribution in [1.82, 2.24) is 5.32 Å². The van der Waals surface area contributed by atoms with E-state index in [2.05, 4.69) is 5.32 Å². The van der Waals surface area contributed by atoms with E-state index in [1.54, 1.807) is 0 Å². The molecule has 1 aromatic carbocycles. The highest BCUT2D eigenvalue weighted by Gasteiger charge is 2.17. The monoisotopic (exact) mass is 263 g/mol. The van der Waals surface area contributed by atoms with Crippen molar-refractivity contribution in [2.24, 2.45) is 0 Å². The standard InChI is InChI=1S/C10H11Cl2NOS/c1-14-9(8(11)12)13-10(15)7-5-3-2-4-6-7/h2-6,8-9H,1H3,(H,13,15). The van der Waals surface area contributed by atoms with Gasteiger partial charge in [0.15, 0.2) is 11.1 Å². The fourth-order valence-corrected chi connectivity index (χ4v) is 1.61. The molecule has 0 aliphatic rings. The summed E-state index contributed by atoms with van der Waals surface area (Å²) in [5.74, 6) is 0. The van der Waals surface area contributed by atoms with Crippen molar-refractivity contribution in [2.75, 3.05) is 7.11 Å². The molecule has 0 fully saturated rings. The number of nitrogens with one attached hydrogen (secondary N) is 1. The molecule has 0 aliphatic heterocycles. The summed E-state index contributed by atoms with van der Waals surface area (Å²) < 4.78 is 5.04. The normalized spacial score (nSPS) is 12.5. The van der Waals surface area contributed by atoms with Gasteiger partial charge in [-0.25, -0.2) is 0 Å². The van der Waals surface area contributed by atoms with Crippen molar-refractivity contribution in [3.05, 3.63) is 35.9 Å². The Kier molecular flexibility index (Phi) is 5.32. The zero-order valence-corrected chi connectivity index (χ0v) is 10.4. The lowest BCUT2D eigenvalue weighted by atomic mass is 10.2. The van der Waals surface area contributed by atoms with Crippen LogP contribution in [-0.4, -0.2) is 23.2 Å². The fraction of sp³-hybridized carbons (Fsp3) is 0.300. The van der Waals surface area contributed by atoms with Crippen LogP contribution in [0, 0.1) is 0 Å². The summed E-state index contributed by atoms with van der Waals surface area (Å²) >= 11 is 16.6. The van der Waals surface area contributed by atoms with Gasteiger partial charge in [0.1, 0.15) is 4.99 Å². The van der Waals surface area contributed by atoms with Crippen LogP contribution in [0.15, 0.2) is 30.3 Å². The van der Waals surface area contributed by atoms with Crippen LogP contribution < -0.4 is 5.32 Å². The van der Waals surface area contributed by atoms with E-state index in [1.807, 2.05) is 30.3 Å². The summed E-state index contributed by atoms with van der Waals surface area (Å²) in [6, 6.07) is 9.54. The quantitative estimate of drug-likeness (QED) is 0.513. The number of hydrogen-bond acceptors (Lipinski definition) is 2. The predicted octanol–water partition coefficient (Wildman–Crippen LogP) is 2.73. The first-order chi connectivity index (χ1) is 7.15. The zero-order valence-electron chi connectivity index (χ0n) is 8.11. The molecule has 0 aliphatic carbocycles. The molecule has 0 aromatic heterocycles. The van der Waals surface area contributed by atoms with Gasteiger partial charge in [-0.2, -0.15) is 0 Å². The molecule has 0 saturated carbocycles. The topological polar surface area (TPSA) is 21.3 Å². The van der Waals surface area contributed by atoms with Gasteiger partial charge in [-0.15, -0.1) is 23.2 Å². The Balaban J connectivity index is 2.63. The summed E-state index contributed by atoms with van der Waals surface area (Å²) in [4.78, 5) is -0.106. The molecule has 0 radical (unpaired) electrons. The first-order valence-electron chi connectivity index (χ1n) is 4.32. The third kappa shape index (κ3) is 3.95. The number of ether oxygens (including phenoxy) is 1. The molecule has 5 heteroatoms. The molecule has 0 saturated heterocycles. The molecule has 2 nitrogen and oxygen atoms in total. The van der Waals surface area contributed by atoms with Crippen LogP contribution in [0.3, 0.4) is 0 Å². The molecule has 1 rings (SSSR count). The van der Waals surface area contributed by atoms with Crippen LogP contribution in [0.5, 0.6) is 0 Å². The van der Waals surface area contributed by atoms with Crippen LogP contribution >= 0.6 is 35.4 Å². The largest absolute Gasteiger partial charge is 0.359 e. The summed E-state index contributed by atoms with van der Waals surface area (Å²) in [5, 5.41) is 2.93. The van der Waals surface area contributed by atoms with Gasteiger partial charge < -0.3 is 10.1 Å². The number of hydrogen-bond donors (Lipinski definition) is 1. The predicted molar refractivity (Wildman–Crippen MR) is 67.6 cm³/mol. The first-order valence-corrected chi connectivity index (χ1v) is 5.60. The highest BCUT2D eigenvalue weighted by atomic mass is 35.5. The second-order valence-corrected chi connectivity index (χ2v) is 4.40. The van der Waals surface area contributed by atoms with Crippen molar-refractivity contribution in [1.29, 1.82) is 0 Å². The summed E-state index contributed by atoms with van der Waals surface area (Å²) in [7, 11) is 1.52. The lowest BCUT2D eigenvalue weighted by Gasteiger charge is -2.19. The van der Waals surface area contributed by atoms with Crippen molar-refractivity contribution < 1.29 is 4.74 Å². The van der Waals surface area contributed by atoms with E-state index in [-0.39, 0.29) is 0 Å². The van der Waals surface area contributed by atoms with Gasteiger partial charge in [-0.05, 0) is 0 Å². The van der Waals surface area contributed by atoms with Crippen molar-refractivity contribution in [3.8, 4) is 0 Å². The Morgan fingerprint density at radius 3 is 2.40 bits per heavy atom. The van der Waals surface area contributed by atoms with Crippen molar-refractivity contribution in [2.45, 2.75) is 11.1 Å². The molecule has 0 spiro atoms. The van der Waals surface area contributed by atoms with Crippen LogP contribution in [0.4, 0.5) is 0 Å². The maximum Gasteiger partial charge on any atom is 0.158 e. The van der Waals surface area contributed by atoms with Gasteiger partial charge in [0.2, 0.25) is 0 Å². The number of thiocarbonyl (C=S) groups is 1. The molecule has 1 aromatic rings. The number of benzene rings is 1. The maximum atomic E-state index is 5.69. The van der Waals surface area contributed by atoms with E-state index in [1.165, 1.54) is 7.11 Å². The molecule has 82 valence electrons. The number of rotatable bonds is 4. The smallest absolute Gasteiger partial charge is 0.158 e. The minimum absolute atomic E-state index is 0.499. The molecule has 1 atom stereocenters. The molecule has 1 unspecified atom stereocenters. The average Bonchev–Trinajstić information content (AvgIpc) is 2.26. The Hall–Kier alpha value is -0.350. The zero-order chi connectivity index (χ0) is 11.3. The SMILES string of the molecule is COC(NC(=S)c1ccccc1)C(Cl)Cl. The van der Waals surface area contributed by atoms with Crippen LogP contribution in [0.25, 0.3) is 0 Å². The van der Waals surface area contributed by atoms with E-state index in [4.69, 9.17) is 40.2 Å². The lowest BCUT2D eigenvalue weighted by Crippen LogP contribution is -2.40. The number of halogens is 2. The second kappa shape index (κ2) is 6.28. The number of alkyl halides is 2.